The van der Waals surface area contributed by atoms with Crippen LogP contribution in [0.15, 0.2) is 6.07 Å². The van der Waals surface area contributed by atoms with Gasteiger partial charge in [-0.1, -0.05) is 0 Å². The fourth-order valence-corrected chi connectivity index (χ4v) is 1.01. The molecule has 8 nitrogen and oxygen atoms in total. The first kappa shape index (κ1) is 9.19. The van der Waals surface area contributed by atoms with Crippen molar-refractivity contribution in [3.8, 4) is 12.0 Å². The van der Waals surface area contributed by atoms with E-state index in [0.29, 0.717) is 5.82 Å². The Morgan fingerprint density at radius 3 is 2.40 bits per heavy atom. The summed E-state index contributed by atoms with van der Waals surface area (Å²) in [5.41, 5.74) is 0.861. The average Bonchev–Trinajstić information content (AvgIpc) is 2.49. The van der Waals surface area contributed by atoms with E-state index in [9.17, 15) is 0 Å². The average molecular weight is 208 g/mol. The van der Waals surface area contributed by atoms with E-state index in [0.717, 1.165) is 5.69 Å². The van der Waals surface area contributed by atoms with Crippen LogP contribution in [0.4, 0.5) is 11.8 Å². The molecule has 0 spiro atoms. The van der Waals surface area contributed by atoms with Crippen LogP contribution < -0.4 is 5.32 Å². The Labute approximate surface area is 84.0 Å². The Morgan fingerprint density at radius 2 is 1.87 bits per heavy atom. The number of aryl methyl sites for hydroxylation is 1. The fraction of sp³-hybridized carbons (Fsp3) is 0.143. The van der Waals surface area contributed by atoms with Crippen molar-refractivity contribution in [3.63, 3.8) is 0 Å². The summed E-state index contributed by atoms with van der Waals surface area (Å²) in [6.07, 6.45) is 0. The second-order valence-electron chi connectivity index (χ2n) is 2.82. The Balaban J connectivity index is 2.24. The summed E-state index contributed by atoms with van der Waals surface area (Å²) in [6.45, 7) is 1.83. The van der Waals surface area contributed by atoms with E-state index in [1.54, 1.807) is 6.07 Å². The van der Waals surface area contributed by atoms with E-state index in [2.05, 4.69) is 30.5 Å². The summed E-state index contributed by atoms with van der Waals surface area (Å²) < 4.78 is 0. The molecule has 0 bridgehead atoms. The van der Waals surface area contributed by atoms with Crippen LogP contribution in [-0.4, -0.2) is 35.4 Å². The zero-order chi connectivity index (χ0) is 10.8. The lowest BCUT2D eigenvalue weighted by atomic mass is 10.5. The van der Waals surface area contributed by atoms with Crippen molar-refractivity contribution in [1.29, 1.82) is 0 Å². The normalized spacial score (nSPS) is 10.2. The molecule has 0 atom stereocenters. The molecule has 2 aromatic heterocycles. The highest BCUT2D eigenvalue weighted by Crippen LogP contribution is 2.14. The maximum atomic E-state index is 8.99. The first-order valence-electron chi connectivity index (χ1n) is 4.06. The van der Waals surface area contributed by atoms with Crippen molar-refractivity contribution in [2.24, 2.45) is 0 Å². The van der Waals surface area contributed by atoms with E-state index in [-0.39, 0.29) is 5.95 Å². The van der Waals surface area contributed by atoms with Crippen LogP contribution in [0.25, 0.3) is 0 Å². The number of nitrogens with zero attached hydrogens (tertiary/aromatic N) is 4. The highest BCUT2D eigenvalue weighted by Gasteiger charge is 2.05. The maximum Gasteiger partial charge on any atom is 0.321 e. The first-order chi connectivity index (χ1) is 7.13. The Bertz CT molecular complexity index is 462. The van der Waals surface area contributed by atoms with Crippen molar-refractivity contribution >= 4 is 11.8 Å². The molecule has 15 heavy (non-hydrogen) atoms. The monoisotopic (exact) mass is 208 g/mol. The van der Waals surface area contributed by atoms with Gasteiger partial charge in [-0.2, -0.15) is 15.1 Å². The van der Waals surface area contributed by atoms with Gasteiger partial charge < -0.3 is 15.5 Å². The Hall–Kier alpha value is -2.38. The molecule has 0 aliphatic rings. The number of H-pyrrole nitrogens is 1. The van der Waals surface area contributed by atoms with Gasteiger partial charge in [0.15, 0.2) is 5.82 Å². The van der Waals surface area contributed by atoms with Crippen LogP contribution in [0.5, 0.6) is 12.0 Å². The molecule has 0 aromatic carbocycles. The second kappa shape index (κ2) is 3.40. The predicted molar refractivity (Wildman–Crippen MR) is 49.8 cm³/mol. The summed E-state index contributed by atoms with van der Waals surface area (Å²) in [4.78, 5) is 10.3. The zero-order valence-electron chi connectivity index (χ0n) is 7.76. The number of aromatic amines is 1. The van der Waals surface area contributed by atoms with Crippen LogP contribution in [0.2, 0.25) is 0 Å². The molecule has 0 radical (unpaired) electrons. The summed E-state index contributed by atoms with van der Waals surface area (Å²) in [7, 11) is 0. The first-order valence-corrected chi connectivity index (χ1v) is 4.06. The van der Waals surface area contributed by atoms with Gasteiger partial charge in [0, 0.05) is 11.8 Å². The fourth-order valence-electron chi connectivity index (χ4n) is 1.01. The lowest BCUT2D eigenvalue weighted by Crippen LogP contribution is -1.98. The van der Waals surface area contributed by atoms with Gasteiger partial charge in [0.2, 0.25) is 5.95 Å². The lowest BCUT2D eigenvalue weighted by molar-refractivity contribution is 0.384. The number of anilines is 2. The van der Waals surface area contributed by atoms with E-state index < -0.39 is 12.0 Å². The molecule has 0 saturated carbocycles. The molecule has 0 fully saturated rings. The summed E-state index contributed by atoms with van der Waals surface area (Å²) in [5.74, 6) is 0.504. The van der Waals surface area contributed by atoms with Gasteiger partial charge in [-0.3, -0.25) is 5.10 Å². The number of nitrogens with one attached hydrogen (secondary N) is 2. The summed E-state index contributed by atoms with van der Waals surface area (Å²) >= 11 is 0. The molecule has 0 saturated heterocycles. The SMILES string of the molecule is Cc1cc(Nc2nc(O)nc(O)n2)n[nH]1. The zero-order valence-corrected chi connectivity index (χ0v) is 7.76. The molecule has 2 heterocycles. The van der Waals surface area contributed by atoms with Crippen LogP contribution in [0.1, 0.15) is 5.69 Å². The van der Waals surface area contributed by atoms with Gasteiger partial charge in [0.1, 0.15) is 0 Å². The van der Waals surface area contributed by atoms with Crippen LogP contribution in [0, 0.1) is 6.92 Å². The van der Waals surface area contributed by atoms with E-state index in [1.807, 2.05) is 6.92 Å². The molecule has 2 rings (SSSR count). The van der Waals surface area contributed by atoms with E-state index >= 15 is 0 Å². The smallest absolute Gasteiger partial charge is 0.321 e. The van der Waals surface area contributed by atoms with Crippen LogP contribution in [-0.2, 0) is 0 Å². The Morgan fingerprint density at radius 1 is 1.20 bits per heavy atom. The maximum absolute atomic E-state index is 8.99. The van der Waals surface area contributed by atoms with Gasteiger partial charge >= 0.3 is 12.0 Å². The minimum absolute atomic E-state index is 0.0199. The molecule has 0 amide bonds. The number of aromatic nitrogens is 5. The number of hydrogen-bond donors (Lipinski definition) is 4. The van der Waals surface area contributed by atoms with Crippen molar-refractivity contribution in [1.82, 2.24) is 25.1 Å². The molecule has 78 valence electrons. The molecular weight excluding hydrogens is 200 g/mol. The number of hydrogen-bond acceptors (Lipinski definition) is 7. The summed E-state index contributed by atoms with van der Waals surface area (Å²) in [6, 6.07) is 0.604. The van der Waals surface area contributed by atoms with Crippen molar-refractivity contribution in [3.05, 3.63) is 11.8 Å². The number of aromatic hydroxyl groups is 2. The topological polar surface area (TPSA) is 120 Å². The molecule has 2 aromatic rings. The van der Waals surface area contributed by atoms with Crippen molar-refractivity contribution in [2.45, 2.75) is 6.92 Å². The van der Waals surface area contributed by atoms with Gasteiger partial charge in [-0.05, 0) is 6.92 Å². The third kappa shape index (κ3) is 2.10. The third-order valence-corrected chi connectivity index (χ3v) is 1.56. The van der Waals surface area contributed by atoms with Crippen molar-refractivity contribution < 1.29 is 10.2 Å². The standard InChI is InChI=1S/C7H8N6O2/c1-3-2-4(13-12-3)8-5-9-6(14)11-7(15)10-5/h2H,1H3,(H4,8,9,10,11,12,13,14,15). The van der Waals surface area contributed by atoms with Gasteiger partial charge in [-0.15, -0.1) is 4.98 Å². The Kier molecular flexibility index (Phi) is 2.08. The molecule has 8 heteroatoms. The minimum atomic E-state index is -0.558. The van der Waals surface area contributed by atoms with Crippen LogP contribution in [0.3, 0.4) is 0 Å². The van der Waals surface area contributed by atoms with Crippen molar-refractivity contribution in [2.75, 3.05) is 5.32 Å². The quantitative estimate of drug-likeness (QED) is 0.550. The predicted octanol–water partition coefficient (Wildman–Crippen LogP) is 0.0579. The third-order valence-electron chi connectivity index (χ3n) is 1.56. The van der Waals surface area contributed by atoms with Crippen LogP contribution >= 0.6 is 0 Å². The second-order valence-corrected chi connectivity index (χ2v) is 2.82. The number of rotatable bonds is 2. The lowest BCUT2D eigenvalue weighted by Gasteiger charge is -2.00. The summed E-state index contributed by atoms with van der Waals surface area (Å²) in [5, 5.41) is 27.2. The largest absolute Gasteiger partial charge is 0.479 e. The van der Waals surface area contributed by atoms with Gasteiger partial charge in [-0.25, -0.2) is 0 Å². The van der Waals surface area contributed by atoms with Gasteiger partial charge in [0.25, 0.3) is 0 Å². The molecule has 0 aliphatic heterocycles. The minimum Gasteiger partial charge on any atom is -0.479 e. The van der Waals surface area contributed by atoms with Gasteiger partial charge in [0.05, 0.1) is 0 Å². The molecule has 0 unspecified atom stereocenters. The highest BCUT2D eigenvalue weighted by atomic mass is 16.3. The molecule has 0 aliphatic carbocycles. The molecular formula is C7H8N6O2. The molecule has 4 N–H and O–H groups in total. The van der Waals surface area contributed by atoms with E-state index in [1.165, 1.54) is 0 Å². The van der Waals surface area contributed by atoms with E-state index in [4.69, 9.17) is 10.2 Å². The highest BCUT2D eigenvalue weighted by molar-refractivity contribution is 5.47.